The smallest absolute Gasteiger partial charge is 0.0449 e. The van der Waals surface area contributed by atoms with Crippen LogP contribution in [0.4, 0.5) is 0 Å². The van der Waals surface area contributed by atoms with Gasteiger partial charge in [0.15, 0.2) is 0 Å². The van der Waals surface area contributed by atoms with Crippen molar-refractivity contribution in [2.75, 3.05) is 0 Å². The zero-order valence-electron chi connectivity index (χ0n) is 6.85. The molecule has 1 nitrogen and oxygen atoms in total. The van der Waals surface area contributed by atoms with Gasteiger partial charge in [0, 0.05) is 14.6 Å². The van der Waals surface area contributed by atoms with Gasteiger partial charge in [0.25, 0.3) is 0 Å². The van der Waals surface area contributed by atoms with Gasteiger partial charge in [-0.25, -0.2) is 0 Å². The second-order valence-corrected chi connectivity index (χ2v) is 4.45. The van der Waals surface area contributed by atoms with Crippen LogP contribution >= 0.6 is 34.2 Å². The van der Waals surface area contributed by atoms with Gasteiger partial charge in [-0.2, -0.15) is 0 Å². The van der Waals surface area contributed by atoms with Gasteiger partial charge in [-0.3, -0.25) is 0 Å². The van der Waals surface area contributed by atoms with Crippen LogP contribution in [0.5, 0.6) is 0 Å². The van der Waals surface area contributed by atoms with Crippen LogP contribution in [-0.2, 0) is 6.42 Å². The number of hydrogen-bond donors (Lipinski definition) is 1. The summed E-state index contributed by atoms with van der Waals surface area (Å²) in [4.78, 5) is 0. The van der Waals surface area contributed by atoms with Crippen molar-refractivity contribution in [3.8, 4) is 0 Å². The van der Waals surface area contributed by atoms with Gasteiger partial charge in [-0.15, -0.1) is 0 Å². The first-order chi connectivity index (χ1) is 5.61. The predicted molar refractivity (Wildman–Crippen MR) is 61.5 cm³/mol. The summed E-state index contributed by atoms with van der Waals surface area (Å²) in [7, 11) is 0. The fraction of sp³-hybridized carbons (Fsp3) is 0.333. The van der Waals surface area contributed by atoms with Gasteiger partial charge in [-0.05, 0) is 53.6 Å². The second-order valence-electron chi connectivity index (χ2n) is 2.88. The van der Waals surface area contributed by atoms with Crippen molar-refractivity contribution in [3.63, 3.8) is 0 Å². The van der Waals surface area contributed by atoms with Crippen LogP contribution in [0, 0.1) is 3.57 Å². The first kappa shape index (κ1) is 10.3. The number of nitrogens with two attached hydrogens (primary N) is 1. The fourth-order valence-corrected chi connectivity index (χ4v) is 2.18. The molecule has 1 aromatic carbocycles. The zero-order valence-corrected chi connectivity index (χ0v) is 9.76. The van der Waals surface area contributed by atoms with Gasteiger partial charge >= 0.3 is 0 Å². The first-order valence-corrected chi connectivity index (χ1v) is 5.25. The summed E-state index contributed by atoms with van der Waals surface area (Å²) >= 11 is 8.29. The molecule has 3 heteroatoms. The molecule has 0 unspecified atom stereocenters. The highest BCUT2D eigenvalue weighted by atomic mass is 127. The number of rotatable bonds is 2. The van der Waals surface area contributed by atoms with Crippen molar-refractivity contribution in [2.24, 2.45) is 5.73 Å². The first-order valence-electron chi connectivity index (χ1n) is 3.79. The molecule has 66 valence electrons. The van der Waals surface area contributed by atoms with Crippen molar-refractivity contribution in [2.45, 2.75) is 19.4 Å². The van der Waals surface area contributed by atoms with Crippen LogP contribution in [0.2, 0.25) is 5.02 Å². The van der Waals surface area contributed by atoms with Gasteiger partial charge < -0.3 is 5.73 Å². The average molecular weight is 296 g/mol. The molecule has 12 heavy (non-hydrogen) atoms. The third kappa shape index (κ3) is 2.61. The maximum Gasteiger partial charge on any atom is 0.0449 e. The standard InChI is InChI=1S/C9H11ClIN/c1-6(12)5-7-8(10)3-2-4-9(7)11/h2-4,6H,5,12H2,1H3/t6-/m0/s1. The molecule has 1 rings (SSSR count). The Bertz CT molecular complexity index is 253. The van der Waals surface area contributed by atoms with E-state index in [1.54, 1.807) is 0 Å². The van der Waals surface area contributed by atoms with Crippen molar-refractivity contribution in [1.29, 1.82) is 0 Å². The van der Waals surface area contributed by atoms with Gasteiger partial charge in [0.1, 0.15) is 0 Å². The van der Waals surface area contributed by atoms with E-state index in [2.05, 4.69) is 22.6 Å². The van der Waals surface area contributed by atoms with E-state index in [-0.39, 0.29) is 6.04 Å². The van der Waals surface area contributed by atoms with Crippen LogP contribution in [0.1, 0.15) is 12.5 Å². The fourth-order valence-electron chi connectivity index (χ4n) is 1.05. The maximum absolute atomic E-state index is 6.01. The van der Waals surface area contributed by atoms with Gasteiger partial charge in [0.05, 0.1) is 0 Å². The quantitative estimate of drug-likeness (QED) is 0.834. The van der Waals surface area contributed by atoms with E-state index in [1.165, 1.54) is 3.57 Å². The number of halogens is 2. The molecule has 0 fully saturated rings. The summed E-state index contributed by atoms with van der Waals surface area (Å²) in [6.45, 7) is 1.99. The molecule has 1 aromatic rings. The number of benzene rings is 1. The van der Waals surface area contributed by atoms with E-state index in [9.17, 15) is 0 Å². The molecule has 0 saturated heterocycles. The van der Waals surface area contributed by atoms with E-state index in [1.807, 2.05) is 25.1 Å². The molecular weight excluding hydrogens is 284 g/mol. The normalized spacial score (nSPS) is 13.0. The molecule has 0 radical (unpaired) electrons. The molecule has 0 aliphatic rings. The maximum atomic E-state index is 6.01. The molecule has 2 N–H and O–H groups in total. The van der Waals surface area contributed by atoms with Crippen molar-refractivity contribution >= 4 is 34.2 Å². The minimum Gasteiger partial charge on any atom is -0.328 e. The van der Waals surface area contributed by atoms with Gasteiger partial charge in [0.2, 0.25) is 0 Å². The van der Waals surface area contributed by atoms with E-state index >= 15 is 0 Å². The third-order valence-corrected chi connectivity index (χ3v) is 2.95. The van der Waals surface area contributed by atoms with Crippen molar-refractivity contribution < 1.29 is 0 Å². The number of hydrogen-bond acceptors (Lipinski definition) is 1. The molecular formula is C9H11ClIN. The summed E-state index contributed by atoms with van der Waals surface area (Å²) in [6.07, 6.45) is 0.845. The summed E-state index contributed by atoms with van der Waals surface area (Å²) < 4.78 is 1.19. The Morgan fingerprint density at radius 1 is 1.58 bits per heavy atom. The molecule has 0 aliphatic heterocycles. The highest BCUT2D eigenvalue weighted by Crippen LogP contribution is 2.22. The Labute approximate surface area is 91.4 Å². The lowest BCUT2D eigenvalue weighted by Crippen LogP contribution is -2.18. The van der Waals surface area contributed by atoms with Crippen LogP contribution in [-0.4, -0.2) is 6.04 Å². The Hall–Kier alpha value is 0.200. The largest absolute Gasteiger partial charge is 0.328 e. The minimum atomic E-state index is 0.165. The van der Waals surface area contributed by atoms with Crippen molar-refractivity contribution in [1.82, 2.24) is 0 Å². The minimum absolute atomic E-state index is 0.165. The summed E-state index contributed by atoms with van der Waals surface area (Å²) in [5, 5.41) is 0.819. The van der Waals surface area contributed by atoms with Crippen molar-refractivity contribution in [3.05, 3.63) is 32.4 Å². The van der Waals surface area contributed by atoms with E-state index in [4.69, 9.17) is 17.3 Å². The monoisotopic (exact) mass is 295 g/mol. The van der Waals surface area contributed by atoms with Crippen LogP contribution in [0.3, 0.4) is 0 Å². The highest BCUT2D eigenvalue weighted by molar-refractivity contribution is 14.1. The third-order valence-electron chi connectivity index (χ3n) is 1.59. The summed E-state index contributed by atoms with van der Waals surface area (Å²) in [5.74, 6) is 0. The molecule has 0 bridgehead atoms. The van der Waals surface area contributed by atoms with E-state index in [0.29, 0.717) is 0 Å². The Morgan fingerprint density at radius 3 is 2.75 bits per heavy atom. The lowest BCUT2D eigenvalue weighted by atomic mass is 10.1. The molecule has 1 atom stereocenters. The highest BCUT2D eigenvalue weighted by Gasteiger charge is 2.06. The SMILES string of the molecule is C[C@H](N)Cc1c(Cl)cccc1I. The Kier molecular flexibility index (Phi) is 3.80. The van der Waals surface area contributed by atoms with E-state index < -0.39 is 0 Å². The van der Waals surface area contributed by atoms with Gasteiger partial charge in [-0.1, -0.05) is 17.7 Å². The zero-order chi connectivity index (χ0) is 9.14. The Morgan fingerprint density at radius 2 is 2.25 bits per heavy atom. The average Bonchev–Trinajstić information content (AvgIpc) is 1.97. The lowest BCUT2D eigenvalue weighted by Gasteiger charge is -2.09. The van der Waals surface area contributed by atoms with Crippen LogP contribution in [0.15, 0.2) is 18.2 Å². The summed E-state index contributed by atoms with van der Waals surface area (Å²) in [6, 6.07) is 6.07. The Balaban J connectivity index is 2.96. The topological polar surface area (TPSA) is 26.0 Å². The predicted octanol–water partition coefficient (Wildman–Crippen LogP) is 2.83. The van der Waals surface area contributed by atoms with Crippen LogP contribution in [0.25, 0.3) is 0 Å². The van der Waals surface area contributed by atoms with Crippen LogP contribution < -0.4 is 5.73 Å². The second kappa shape index (κ2) is 4.44. The molecule has 0 heterocycles. The molecule has 0 aromatic heterocycles. The molecule has 0 amide bonds. The molecule has 0 saturated carbocycles. The lowest BCUT2D eigenvalue weighted by molar-refractivity contribution is 0.736. The molecule has 0 spiro atoms. The van der Waals surface area contributed by atoms with E-state index in [0.717, 1.165) is 17.0 Å². The summed E-state index contributed by atoms with van der Waals surface area (Å²) in [5.41, 5.74) is 6.86. The molecule has 0 aliphatic carbocycles.